The molecule has 114 valence electrons. The van der Waals surface area contributed by atoms with Crippen molar-refractivity contribution in [1.82, 2.24) is 5.32 Å². The fourth-order valence-electron chi connectivity index (χ4n) is 3.33. The van der Waals surface area contributed by atoms with Crippen LogP contribution in [0.2, 0.25) is 0 Å². The number of aryl methyl sites for hydroxylation is 2. The summed E-state index contributed by atoms with van der Waals surface area (Å²) < 4.78 is 23.2. The second-order valence-corrected chi connectivity index (χ2v) is 8.73. The van der Waals surface area contributed by atoms with E-state index in [9.17, 15) is 13.2 Å². The molecular formula is C16H21NO3S. The van der Waals surface area contributed by atoms with Crippen LogP contribution in [0, 0.1) is 0 Å². The highest BCUT2D eigenvalue weighted by molar-refractivity contribution is 7.91. The van der Waals surface area contributed by atoms with Crippen molar-refractivity contribution in [3.05, 3.63) is 34.9 Å². The van der Waals surface area contributed by atoms with Gasteiger partial charge in [0, 0.05) is 5.56 Å². The Hall–Kier alpha value is -1.36. The first-order valence-electron chi connectivity index (χ1n) is 7.52. The quantitative estimate of drug-likeness (QED) is 0.907. The number of carbonyl (C=O) groups is 1. The van der Waals surface area contributed by atoms with Gasteiger partial charge in [-0.1, -0.05) is 6.07 Å². The van der Waals surface area contributed by atoms with E-state index >= 15 is 0 Å². The van der Waals surface area contributed by atoms with Gasteiger partial charge in [-0.2, -0.15) is 0 Å². The van der Waals surface area contributed by atoms with Crippen molar-refractivity contribution >= 4 is 15.7 Å². The van der Waals surface area contributed by atoms with E-state index in [1.165, 1.54) is 24.0 Å². The molecule has 1 saturated heterocycles. The summed E-state index contributed by atoms with van der Waals surface area (Å²) in [5.74, 6) is 0.0351. The lowest BCUT2D eigenvalue weighted by Gasteiger charge is -2.24. The van der Waals surface area contributed by atoms with E-state index in [-0.39, 0.29) is 17.4 Å². The van der Waals surface area contributed by atoms with Crippen LogP contribution >= 0.6 is 0 Å². The zero-order chi connectivity index (χ0) is 15.1. The zero-order valence-corrected chi connectivity index (χ0v) is 13.1. The number of fused-ring (bicyclic) bond motifs is 1. The Balaban J connectivity index is 1.77. The molecule has 0 saturated carbocycles. The number of nitrogens with one attached hydrogen (secondary N) is 1. The molecule has 5 heteroatoms. The number of benzene rings is 1. The number of hydrogen-bond donors (Lipinski definition) is 1. The molecule has 0 spiro atoms. The number of sulfone groups is 1. The number of carbonyl (C=O) groups excluding carboxylic acids is 1. The highest BCUT2D eigenvalue weighted by Gasteiger charge is 2.39. The number of rotatable bonds is 2. The molecule has 1 aromatic rings. The van der Waals surface area contributed by atoms with Gasteiger partial charge >= 0.3 is 0 Å². The summed E-state index contributed by atoms with van der Waals surface area (Å²) in [5, 5.41) is 2.92. The van der Waals surface area contributed by atoms with Gasteiger partial charge in [-0.15, -0.1) is 0 Å². The lowest BCUT2D eigenvalue weighted by atomic mass is 9.90. The molecule has 21 heavy (non-hydrogen) atoms. The Morgan fingerprint density at radius 2 is 1.90 bits per heavy atom. The lowest BCUT2D eigenvalue weighted by Crippen LogP contribution is -2.46. The average Bonchev–Trinajstić information content (AvgIpc) is 2.71. The van der Waals surface area contributed by atoms with Crippen LogP contribution in [-0.4, -0.2) is 31.4 Å². The minimum atomic E-state index is -3.01. The van der Waals surface area contributed by atoms with E-state index in [4.69, 9.17) is 0 Å². The van der Waals surface area contributed by atoms with Gasteiger partial charge in [0.1, 0.15) is 0 Å². The smallest absolute Gasteiger partial charge is 0.251 e. The van der Waals surface area contributed by atoms with Crippen molar-refractivity contribution in [3.63, 3.8) is 0 Å². The van der Waals surface area contributed by atoms with Crippen molar-refractivity contribution in [2.75, 3.05) is 11.5 Å². The molecule has 1 heterocycles. The van der Waals surface area contributed by atoms with Gasteiger partial charge in [-0.05, 0) is 62.3 Å². The Morgan fingerprint density at radius 3 is 2.57 bits per heavy atom. The molecule has 1 aliphatic heterocycles. The summed E-state index contributed by atoms with van der Waals surface area (Å²) in [6.07, 6.45) is 5.00. The van der Waals surface area contributed by atoms with Gasteiger partial charge in [-0.3, -0.25) is 4.79 Å². The van der Waals surface area contributed by atoms with E-state index in [2.05, 4.69) is 5.32 Å². The Bertz CT molecular complexity index is 681. The third kappa shape index (κ3) is 3.12. The summed E-state index contributed by atoms with van der Waals surface area (Å²) >= 11 is 0. The second-order valence-electron chi connectivity index (χ2n) is 6.55. The molecule has 1 aliphatic carbocycles. The minimum absolute atomic E-state index is 0.0384. The largest absolute Gasteiger partial charge is 0.346 e. The van der Waals surface area contributed by atoms with Crippen LogP contribution in [0.1, 0.15) is 47.7 Å². The molecule has 4 nitrogen and oxygen atoms in total. The van der Waals surface area contributed by atoms with Crippen LogP contribution in [0.3, 0.4) is 0 Å². The van der Waals surface area contributed by atoms with Crippen LogP contribution in [0.15, 0.2) is 18.2 Å². The van der Waals surface area contributed by atoms with Gasteiger partial charge < -0.3 is 5.32 Å². The molecule has 3 rings (SSSR count). The summed E-state index contributed by atoms with van der Waals surface area (Å²) in [4.78, 5) is 12.4. The molecule has 0 bridgehead atoms. The summed E-state index contributed by atoms with van der Waals surface area (Å²) in [6.45, 7) is 1.81. The van der Waals surface area contributed by atoms with Crippen LogP contribution in [0.5, 0.6) is 0 Å². The maximum absolute atomic E-state index is 12.4. The van der Waals surface area contributed by atoms with Crippen LogP contribution in [0.4, 0.5) is 0 Å². The first-order valence-corrected chi connectivity index (χ1v) is 9.34. The van der Waals surface area contributed by atoms with Crippen LogP contribution < -0.4 is 5.32 Å². The Labute approximate surface area is 125 Å². The number of amides is 1. The van der Waals surface area contributed by atoms with Crippen LogP contribution in [0.25, 0.3) is 0 Å². The van der Waals surface area contributed by atoms with Crippen molar-refractivity contribution in [1.29, 1.82) is 0 Å². The highest BCUT2D eigenvalue weighted by Crippen LogP contribution is 2.25. The topological polar surface area (TPSA) is 63.2 Å². The maximum atomic E-state index is 12.4. The maximum Gasteiger partial charge on any atom is 0.251 e. The van der Waals surface area contributed by atoms with Gasteiger partial charge in [0.05, 0.1) is 17.0 Å². The van der Waals surface area contributed by atoms with Crippen molar-refractivity contribution in [2.24, 2.45) is 0 Å². The van der Waals surface area contributed by atoms with Crippen molar-refractivity contribution < 1.29 is 13.2 Å². The predicted molar refractivity (Wildman–Crippen MR) is 82.2 cm³/mol. The Morgan fingerprint density at radius 1 is 1.19 bits per heavy atom. The molecule has 2 aliphatic rings. The van der Waals surface area contributed by atoms with Crippen molar-refractivity contribution in [3.8, 4) is 0 Å². The summed E-state index contributed by atoms with van der Waals surface area (Å²) in [6, 6.07) is 5.86. The van der Waals surface area contributed by atoms with Gasteiger partial charge in [-0.25, -0.2) is 8.42 Å². The van der Waals surface area contributed by atoms with E-state index in [0.29, 0.717) is 12.0 Å². The first kappa shape index (κ1) is 14.6. The van der Waals surface area contributed by atoms with E-state index in [0.717, 1.165) is 12.8 Å². The standard InChI is InChI=1S/C16H21NO3S/c1-16(8-9-21(19,20)11-16)17-15(18)14-7-6-12-4-2-3-5-13(12)10-14/h6-7,10H,2-5,8-9,11H2,1H3,(H,17,18). The SMILES string of the molecule is CC1(NC(=O)c2ccc3c(c2)CCCC3)CCS(=O)(=O)C1. The van der Waals surface area contributed by atoms with Gasteiger partial charge in [0.2, 0.25) is 0 Å². The fourth-order valence-corrected chi connectivity index (χ4v) is 5.42. The van der Waals surface area contributed by atoms with E-state index in [1.54, 1.807) is 0 Å². The molecule has 0 aromatic heterocycles. The third-order valence-electron chi connectivity index (χ3n) is 4.53. The van der Waals surface area contributed by atoms with E-state index < -0.39 is 15.4 Å². The molecule has 1 amide bonds. The van der Waals surface area contributed by atoms with Gasteiger partial charge in [0.15, 0.2) is 9.84 Å². The molecule has 1 atom stereocenters. The highest BCUT2D eigenvalue weighted by atomic mass is 32.2. The first-order chi connectivity index (χ1) is 9.87. The molecular weight excluding hydrogens is 286 g/mol. The lowest BCUT2D eigenvalue weighted by molar-refractivity contribution is 0.0915. The monoisotopic (exact) mass is 307 g/mol. The Kier molecular flexibility index (Phi) is 3.56. The molecule has 0 radical (unpaired) electrons. The van der Waals surface area contributed by atoms with Gasteiger partial charge in [0.25, 0.3) is 5.91 Å². The molecule has 1 aromatic carbocycles. The summed E-state index contributed by atoms with van der Waals surface area (Å²) in [7, 11) is -3.01. The van der Waals surface area contributed by atoms with Crippen LogP contribution in [-0.2, 0) is 22.7 Å². The fraction of sp³-hybridized carbons (Fsp3) is 0.562. The summed E-state index contributed by atoms with van der Waals surface area (Å²) in [5.41, 5.74) is 2.61. The second kappa shape index (κ2) is 5.13. The normalized spacial score (nSPS) is 27.1. The number of hydrogen-bond acceptors (Lipinski definition) is 3. The minimum Gasteiger partial charge on any atom is -0.346 e. The van der Waals surface area contributed by atoms with Crippen molar-refractivity contribution in [2.45, 2.75) is 44.6 Å². The van der Waals surface area contributed by atoms with E-state index in [1.807, 2.05) is 25.1 Å². The predicted octanol–water partition coefficient (Wildman–Crippen LogP) is 1.87. The third-order valence-corrected chi connectivity index (χ3v) is 6.43. The average molecular weight is 307 g/mol. The zero-order valence-electron chi connectivity index (χ0n) is 12.3. The molecule has 1 fully saturated rings. The molecule has 1 N–H and O–H groups in total. The molecule has 1 unspecified atom stereocenters.